The van der Waals surface area contributed by atoms with Crippen molar-refractivity contribution in [3.63, 3.8) is 0 Å². The molecule has 3 amide bonds. The van der Waals surface area contributed by atoms with Gasteiger partial charge in [0.25, 0.3) is 15.9 Å². The molecular formula is C33H36N4O6S. The summed E-state index contributed by atoms with van der Waals surface area (Å²) >= 11 is 0. The van der Waals surface area contributed by atoms with Gasteiger partial charge in [0, 0.05) is 30.6 Å². The van der Waals surface area contributed by atoms with Gasteiger partial charge in [-0.2, -0.15) is 0 Å². The lowest BCUT2D eigenvalue weighted by Gasteiger charge is -2.38. The van der Waals surface area contributed by atoms with Crippen molar-refractivity contribution >= 4 is 44.1 Å². The average molecular weight is 617 g/mol. The lowest BCUT2D eigenvalue weighted by molar-refractivity contribution is 0.0371. The largest absolute Gasteiger partial charge is 0.487 e. The van der Waals surface area contributed by atoms with E-state index in [1.807, 2.05) is 49.4 Å². The van der Waals surface area contributed by atoms with E-state index in [9.17, 15) is 23.1 Å². The predicted octanol–water partition coefficient (Wildman–Crippen LogP) is 5.02. The first-order valence-electron chi connectivity index (χ1n) is 14.4. The molecule has 0 saturated carbocycles. The summed E-state index contributed by atoms with van der Waals surface area (Å²) in [4.78, 5) is 30.2. The van der Waals surface area contributed by atoms with Crippen LogP contribution in [0.5, 0.6) is 5.75 Å². The lowest BCUT2D eigenvalue weighted by atomic mass is 9.99. The smallest absolute Gasteiger partial charge is 0.321 e. The van der Waals surface area contributed by atoms with Gasteiger partial charge in [-0.1, -0.05) is 61.5 Å². The van der Waals surface area contributed by atoms with E-state index in [1.165, 1.54) is 29.2 Å². The van der Waals surface area contributed by atoms with Crippen LogP contribution >= 0.6 is 0 Å². The van der Waals surface area contributed by atoms with Crippen LogP contribution in [0.2, 0.25) is 0 Å². The van der Waals surface area contributed by atoms with Gasteiger partial charge < -0.3 is 25.0 Å². The number of likely N-dealkylation sites (N-methyl/N-ethyl adjacent to an activating group) is 1. The standard InChI is InChI=1S/C33H36N4O6S/c1-22-19-37(23(2)21-38)32(39)28-18-25(35-44(41,42)26-12-5-4-6-13-26)16-17-30(28)43-31(22)20-36(3)33(40)34-29-15-9-11-24-10-7-8-14-27(24)29/h4-18,22-23,31,35,38H,19-21H2,1-3H3,(H,34,40)/t22-,23+,31+/m0/s1. The van der Waals surface area contributed by atoms with Crippen LogP contribution < -0.4 is 14.8 Å². The first-order valence-corrected chi connectivity index (χ1v) is 15.9. The van der Waals surface area contributed by atoms with Crippen LogP contribution in [0.25, 0.3) is 10.8 Å². The maximum atomic E-state index is 13.8. The molecule has 11 heteroatoms. The van der Waals surface area contributed by atoms with Crippen molar-refractivity contribution in [2.75, 3.05) is 36.8 Å². The van der Waals surface area contributed by atoms with E-state index in [1.54, 1.807) is 43.1 Å². The minimum absolute atomic E-state index is 0.0866. The van der Waals surface area contributed by atoms with Crippen LogP contribution in [0.1, 0.15) is 24.2 Å². The number of amides is 3. The lowest BCUT2D eigenvalue weighted by Crippen LogP contribution is -2.50. The second-order valence-corrected chi connectivity index (χ2v) is 12.8. The number of rotatable bonds is 8. The van der Waals surface area contributed by atoms with Gasteiger partial charge in [-0.3, -0.25) is 9.52 Å². The maximum Gasteiger partial charge on any atom is 0.321 e. The number of fused-ring (bicyclic) bond motifs is 2. The number of urea groups is 1. The van der Waals surface area contributed by atoms with Crippen LogP contribution in [-0.4, -0.2) is 74.2 Å². The van der Waals surface area contributed by atoms with E-state index >= 15 is 0 Å². The number of aliphatic hydroxyl groups excluding tert-OH is 1. The maximum absolute atomic E-state index is 13.8. The van der Waals surface area contributed by atoms with Gasteiger partial charge >= 0.3 is 6.03 Å². The molecule has 230 valence electrons. The number of benzene rings is 4. The van der Waals surface area contributed by atoms with Gasteiger partial charge in [0.05, 0.1) is 35.3 Å². The molecular weight excluding hydrogens is 580 g/mol. The number of sulfonamides is 1. The Morgan fingerprint density at radius 1 is 1.05 bits per heavy atom. The molecule has 3 N–H and O–H groups in total. The normalized spacial score (nSPS) is 17.5. The Hall–Kier alpha value is -4.61. The number of ether oxygens (including phenoxy) is 1. The van der Waals surface area contributed by atoms with Crippen molar-refractivity contribution in [2.45, 2.75) is 30.9 Å². The summed E-state index contributed by atoms with van der Waals surface area (Å²) in [5, 5.41) is 14.9. The van der Waals surface area contributed by atoms with Crippen molar-refractivity contribution in [3.05, 3.63) is 96.6 Å². The minimum atomic E-state index is -3.90. The number of anilines is 2. The number of carbonyl (C=O) groups is 2. The Balaban J connectivity index is 1.40. The molecule has 0 radical (unpaired) electrons. The summed E-state index contributed by atoms with van der Waals surface area (Å²) in [6.07, 6.45) is -0.523. The first kappa shape index (κ1) is 30.8. The van der Waals surface area contributed by atoms with Crippen LogP contribution in [0.4, 0.5) is 16.2 Å². The van der Waals surface area contributed by atoms with Crippen LogP contribution in [0.3, 0.4) is 0 Å². The fourth-order valence-corrected chi connectivity index (χ4v) is 6.29. The van der Waals surface area contributed by atoms with Gasteiger partial charge in [0.15, 0.2) is 0 Å². The molecule has 1 aliphatic heterocycles. The van der Waals surface area contributed by atoms with Crippen molar-refractivity contribution in [3.8, 4) is 5.75 Å². The van der Waals surface area contributed by atoms with E-state index in [-0.39, 0.29) is 53.5 Å². The summed E-state index contributed by atoms with van der Waals surface area (Å²) in [5.41, 5.74) is 1.03. The highest BCUT2D eigenvalue weighted by Gasteiger charge is 2.34. The number of hydrogen-bond acceptors (Lipinski definition) is 6. The van der Waals surface area contributed by atoms with Gasteiger partial charge in [0.2, 0.25) is 0 Å². The van der Waals surface area contributed by atoms with Gasteiger partial charge in [-0.25, -0.2) is 13.2 Å². The number of nitrogens with one attached hydrogen (secondary N) is 2. The number of aliphatic hydroxyl groups is 1. The molecule has 4 aromatic carbocycles. The molecule has 4 aromatic rings. The molecule has 3 atom stereocenters. The quantitative estimate of drug-likeness (QED) is 0.255. The van der Waals surface area contributed by atoms with E-state index in [2.05, 4.69) is 10.0 Å². The second-order valence-electron chi connectivity index (χ2n) is 11.1. The van der Waals surface area contributed by atoms with E-state index < -0.39 is 28.1 Å². The monoisotopic (exact) mass is 616 g/mol. The third kappa shape index (κ3) is 6.63. The van der Waals surface area contributed by atoms with Crippen molar-refractivity contribution in [1.82, 2.24) is 9.80 Å². The summed E-state index contributed by atoms with van der Waals surface area (Å²) < 4.78 is 34.8. The molecule has 0 spiro atoms. The van der Waals surface area contributed by atoms with Crippen LogP contribution in [0, 0.1) is 5.92 Å². The van der Waals surface area contributed by atoms with Crippen molar-refractivity contribution < 1.29 is 27.9 Å². The zero-order valence-electron chi connectivity index (χ0n) is 24.8. The zero-order chi connectivity index (χ0) is 31.4. The van der Waals surface area contributed by atoms with Crippen LogP contribution in [-0.2, 0) is 10.0 Å². The third-order valence-electron chi connectivity index (χ3n) is 7.80. The molecule has 0 aliphatic carbocycles. The molecule has 44 heavy (non-hydrogen) atoms. The Bertz CT molecular complexity index is 1760. The number of nitrogens with zero attached hydrogens (tertiary/aromatic N) is 2. The SMILES string of the molecule is C[C@H](CO)N1C[C@H](C)[C@@H](CN(C)C(=O)Nc2cccc3ccccc23)Oc2ccc(NS(=O)(=O)c3ccccc3)cc2C1=O. The van der Waals surface area contributed by atoms with Crippen molar-refractivity contribution in [1.29, 1.82) is 0 Å². The molecule has 10 nitrogen and oxygen atoms in total. The second kappa shape index (κ2) is 12.9. The summed E-state index contributed by atoms with van der Waals surface area (Å²) in [5.74, 6) is -0.355. The average Bonchev–Trinajstić information content (AvgIpc) is 3.03. The predicted molar refractivity (Wildman–Crippen MR) is 170 cm³/mol. The van der Waals surface area contributed by atoms with Crippen molar-refractivity contribution in [2.24, 2.45) is 5.92 Å². The Labute approximate surface area is 257 Å². The van der Waals surface area contributed by atoms with E-state index in [4.69, 9.17) is 4.74 Å². The third-order valence-corrected chi connectivity index (χ3v) is 9.20. The first-order chi connectivity index (χ1) is 21.1. The van der Waals surface area contributed by atoms with Gasteiger partial charge in [0.1, 0.15) is 11.9 Å². The molecule has 0 unspecified atom stereocenters. The Kier molecular flexibility index (Phi) is 9.07. The highest BCUT2D eigenvalue weighted by atomic mass is 32.2. The highest BCUT2D eigenvalue weighted by molar-refractivity contribution is 7.92. The van der Waals surface area contributed by atoms with E-state index in [0.29, 0.717) is 5.69 Å². The molecule has 1 aliphatic rings. The summed E-state index contributed by atoms with van der Waals surface area (Å²) in [6, 6.07) is 25.1. The highest BCUT2D eigenvalue weighted by Crippen LogP contribution is 2.32. The molecule has 0 saturated heterocycles. The van der Waals surface area contributed by atoms with Gasteiger partial charge in [-0.15, -0.1) is 0 Å². The van der Waals surface area contributed by atoms with Gasteiger partial charge in [-0.05, 0) is 48.7 Å². The van der Waals surface area contributed by atoms with E-state index in [0.717, 1.165) is 10.8 Å². The number of hydrogen-bond donors (Lipinski definition) is 3. The Morgan fingerprint density at radius 3 is 2.50 bits per heavy atom. The molecule has 0 fully saturated rings. The zero-order valence-corrected chi connectivity index (χ0v) is 25.6. The van der Waals surface area contributed by atoms with Crippen LogP contribution in [0.15, 0.2) is 95.9 Å². The topological polar surface area (TPSA) is 128 Å². The molecule has 1 heterocycles. The fourth-order valence-electron chi connectivity index (χ4n) is 5.22. The molecule has 5 rings (SSSR count). The Morgan fingerprint density at radius 2 is 1.75 bits per heavy atom. The summed E-state index contributed by atoms with van der Waals surface area (Å²) in [7, 11) is -2.22. The summed E-state index contributed by atoms with van der Waals surface area (Å²) in [6.45, 7) is 3.87. The minimum Gasteiger partial charge on any atom is -0.487 e. The fraction of sp³-hybridized carbons (Fsp3) is 0.273. The molecule has 0 bridgehead atoms. The molecule has 0 aromatic heterocycles. The number of carbonyl (C=O) groups excluding carboxylic acids is 2.